The SMILES string of the molecule is COC(=O)NC1CCN(c2cc(C)c(F)cc2C(C)=O)C1. The van der Waals surface area contributed by atoms with E-state index in [1.165, 1.54) is 20.1 Å². The van der Waals surface area contributed by atoms with Gasteiger partial charge in [-0.15, -0.1) is 0 Å². The minimum Gasteiger partial charge on any atom is -0.453 e. The number of rotatable bonds is 3. The predicted octanol–water partition coefficient (Wildman–Crippen LogP) is 2.27. The summed E-state index contributed by atoms with van der Waals surface area (Å²) in [5, 5.41) is 2.74. The molecule has 114 valence electrons. The van der Waals surface area contributed by atoms with E-state index in [1.807, 2.05) is 4.90 Å². The highest BCUT2D eigenvalue weighted by atomic mass is 19.1. The van der Waals surface area contributed by atoms with E-state index in [0.29, 0.717) is 24.2 Å². The van der Waals surface area contributed by atoms with Crippen LogP contribution in [-0.2, 0) is 4.74 Å². The summed E-state index contributed by atoms with van der Waals surface area (Å²) >= 11 is 0. The fourth-order valence-electron chi connectivity index (χ4n) is 2.53. The second-order valence-electron chi connectivity index (χ2n) is 5.24. The molecule has 1 N–H and O–H groups in total. The van der Waals surface area contributed by atoms with Gasteiger partial charge in [-0.25, -0.2) is 9.18 Å². The van der Waals surface area contributed by atoms with E-state index < -0.39 is 6.09 Å². The molecule has 1 fully saturated rings. The summed E-state index contributed by atoms with van der Waals surface area (Å²) in [6, 6.07) is 2.93. The van der Waals surface area contributed by atoms with Crippen LogP contribution in [0.25, 0.3) is 0 Å². The number of carbonyl (C=O) groups is 2. The largest absolute Gasteiger partial charge is 0.453 e. The molecule has 5 nitrogen and oxygen atoms in total. The normalized spacial score (nSPS) is 17.7. The van der Waals surface area contributed by atoms with Crippen molar-refractivity contribution in [1.29, 1.82) is 0 Å². The third-order valence-corrected chi connectivity index (χ3v) is 3.69. The Labute approximate surface area is 123 Å². The lowest BCUT2D eigenvalue weighted by Gasteiger charge is -2.22. The molecule has 1 amide bonds. The topological polar surface area (TPSA) is 58.6 Å². The molecule has 0 bridgehead atoms. The quantitative estimate of drug-likeness (QED) is 0.869. The van der Waals surface area contributed by atoms with Gasteiger partial charge < -0.3 is 15.0 Å². The van der Waals surface area contributed by atoms with Crippen molar-refractivity contribution in [3.63, 3.8) is 0 Å². The number of anilines is 1. The van der Waals surface area contributed by atoms with E-state index in [2.05, 4.69) is 10.1 Å². The first-order valence-electron chi connectivity index (χ1n) is 6.83. The molecule has 1 aromatic rings. The predicted molar refractivity (Wildman–Crippen MR) is 77.3 cm³/mol. The highest BCUT2D eigenvalue weighted by molar-refractivity contribution is 6.00. The molecule has 0 aromatic heterocycles. The number of hydrogen-bond acceptors (Lipinski definition) is 4. The molecular formula is C15H19FN2O3. The van der Waals surface area contributed by atoms with Gasteiger partial charge >= 0.3 is 6.09 Å². The lowest BCUT2D eigenvalue weighted by molar-refractivity contribution is 0.101. The van der Waals surface area contributed by atoms with Crippen LogP contribution in [0.2, 0.25) is 0 Å². The summed E-state index contributed by atoms with van der Waals surface area (Å²) in [6.45, 7) is 4.36. The molecule has 0 aliphatic carbocycles. The highest BCUT2D eigenvalue weighted by Gasteiger charge is 2.27. The van der Waals surface area contributed by atoms with Crippen LogP contribution in [0, 0.1) is 12.7 Å². The van der Waals surface area contributed by atoms with Crippen molar-refractivity contribution in [2.24, 2.45) is 0 Å². The lowest BCUT2D eigenvalue weighted by Crippen LogP contribution is -2.37. The van der Waals surface area contributed by atoms with Gasteiger partial charge in [-0.05, 0) is 38.0 Å². The van der Waals surface area contributed by atoms with Gasteiger partial charge in [0.2, 0.25) is 0 Å². The lowest BCUT2D eigenvalue weighted by atomic mass is 10.1. The first kappa shape index (κ1) is 15.3. The minimum absolute atomic E-state index is 0.0392. The third-order valence-electron chi connectivity index (χ3n) is 3.69. The molecule has 21 heavy (non-hydrogen) atoms. The smallest absolute Gasteiger partial charge is 0.407 e. The van der Waals surface area contributed by atoms with E-state index in [1.54, 1.807) is 13.0 Å². The number of hydrogen-bond donors (Lipinski definition) is 1. The molecule has 1 aromatic carbocycles. The van der Waals surface area contributed by atoms with Gasteiger partial charge in [-0.3, -0.25) is 4.79 Å². The molecule has 1 saturated heterocycles. The van der Waals surface area contributed by atoms with Gasteiger partial charge in [0.05, 0.1) is 13.2 Å². The number of ether oxygens (including phenoxy) is 1. The third kappa shape index (κ3) is 3.32. The Morgan fingerprint density at radius 3 is 2.76 bits per heavy atom. The Morgan fingerprint density at radius 2 is 2.14 bits per heavy atom. The van der Waals surface area contributed by atoms with Gasteiger partial charge in [0, 0.05) is 24.3 Å². The summed E-state index contributed by atoms with van der Waals surface area (Å²) in [7, 11) is 1.32. The zero-order valence-electron chi connectivity index (χ0n) is 12.4. The number of alkyl carbamates (subject to hydrolysis) is 1. The van der Waals surface area contributed by atoms with Crippen molar-refractivity contribution in [2.45, 2.75) is 26.3 Å². The van der Waals surface area contributed by atoms with Crippen molar-refractivity contribution < 1.29 is 18.7 Å². The second kappa shape index (κ2) is 6.11. The molecule has 1 atom stereocenters. The fourth-order valence-corrected chi connectivity index (χ4v) is 2.53. The molecule has 6 heteroatoms. The number of benzene rings is 1. The van der Waals surface area contributed by atoms with Gasteiger partial charge in [0.15, 0.2) is 5.78 Å². The average Bonchev–Trinajstić information content (AvgIpc) is 2.89. The summed E-state index contributed by atoms with van der Waals surface area (Å²) in [5.41, 5.74) is 1.59. The average molecular weight is 294 g/mol. The maximum Gasteiger partial charge on any atom is 0.407 e. The number of nitrogens with zero attached hydrogens (tertiary/aromatic N) is 1. The maximum absolute atomic E-state index is 13.7. The Hall–Kier alpha value is -2.11. The Balaban J connectivity index is 2.21. The number of ketones is 1. The van der Waals surface area contributed by atoms with Gasteiger partial charge in [0.1, 0.15) is 5.82 Å². The maximum atomic E-state index is 13.7. The molecule has 0 spiro atoms. The number of carbonyl (C=O) groups excluding carboxylic acids is 2. The van der Waals surface area contributed by atoms with Crippen LogP contribution in [0.4, 0.5) is 14.9 Å². The number of aryl methyl sites for hydroxylation is 1. The van der Waals surface area contributed by atoms with E-state index in [4.69, 9.17) is 0 Å². The van der Waals surface area contributed by atoms with Crippen molar-refractivity contribution in [2.75, 3.05) is 25.1 Å². The molecule has 0 radical (unpaired) electrons. The van der Waals surface area contributed by atoms with Crippen LogP contribution < -0.4 is 10.2 Å². The van der Waals surface area contributed by atoms with Crippen LogP contribution in [0.5, 0.6) is 0 Å². The summed E-state index contributed by atoms with van der Waals surface area (Å²) in [4.78, 5) is 24.9. The van der Waals surface area contributed by atoms with Crippen LogP contribution >= 0.6 is 0 Å². The monoisotopic (exact) mass is 294 g/mol. The second-order valence-corrected chi connectivity index (χ2v) is 5.24. The fraction of sp³-hybridized carbons (Fsp3) is 0.467. The minimum atomic E-state index is -0.469. The summed E-state index contributed by atoms with van der Waals surface area (Å²) in [6.07, 6.45) is 0.284. The number of amides is 1. The van der Waals surface area contributed by atoms with Gasteiger partial charge in [-0.1, -0.05) is 0 Å². The molecular weight excluding hydrogens is 275 g/mol. The molecule has 0 saturated carbocycles. The first-order chi connectivity index (χ1) is 9.92. The van der Waals surface area contributed by atoms with Crippen LogP contribution in [0.3, 0.4) is 0 Å². The molecule has 1 heterocycles. The number of Topliss-reactive ketones (excluding diaryl/α,β-unsaturated/α-hetero) is 1. The van der Waals surface area contributed by atoms with Crippen LogP contribution in [0.1, 0.15) is 29.3 Å². The highest BCUT2D eigenvalue weighted by Crippen LogP contribution is 2.28. The van der Waals surface area contributed by atoms with Crippen molar-refractivity contribution >= 4 is 17.6 Å². The molecule has 1 aliphatic heterocycles. The zero-order chi connectivity index (χ0) is 15.6. The molecule has 1 unspecified atom stereocenters. The standard InChI is InChI=1S/C15H19FN2O3/c1-9-6-14(12(10(2)19)7-13(9)16)18-5-4-11(8-18)17-15(20)21-3/h6-7,11H,4-5,8H2,1-3H3,(H,17,20). The zero-order valence-corrected chi connectivity index (χ0v) is 12.4. The van der Waals surface area contributed by atoms with E-state index in [0.717, 1.165) is 12.1 Å². The van der Waals surface area contributed by atoms with Crippen LogP contribution in [-0.4, -0.2) is 38.1 Å². The molecule has 1 aliphatic rings. The van der Waals surface area contributed by atoms with Crippen molar-refractivity contribution in [3.8, 4) is 0 Å². The Morgan fingerprint density at radius 1 is 1.43 bits per heavy atom. The van der Waals surface area contributed by atoms with Crippen LogP contribution in [0.15, 0.2) is 12.1 Å². The summed E-state index contributed by atoms with van der Waals surface area (Å²) < 4.78 is 18.2. The number of nitrogens with one attached hydrogen (secondary N) is 1. The van der Waals surface area contributed by atoms with E-state index in [-0.39, 0.29) is 17.6 Å². The van der Waals surface area contributed by atoms with E-state index >= 15 is 0 Å². The number of halogens is 1. The Bertz CT molecular complexity index is 574. The Kier molecular flexibility index (Phi) is 4.45. The number of methoxy groups -OCH3 is 1. The van der Waals surface area contributed by atoms with Gasteiger partial charge in [0.25, 0.3) is 0 Å². The van der Waals surface area contributed by atoms with Crippen molar-refractivity contribution in [3.05, 3.63) is 29.1 Å². The van der Waals surface area contributed by atoms with E-state index in [9.17, 15) is 14.0 Å². The van der Waals surface area contributed by atoms with Gasteiger partial charge in [-0.2, -0.15) is 0 Å². The van der Waals surface area contributed by atoms with Crippen molar-refractivity contribution in [1.82, 2.24) is 5.32 Å². The summed E-state index contributed by atoms with van der Waals surface area (Å²) in [5.74, 6) is -0.555. The molecule has 2 rings (SSSR count). The first-order valence-corrected chi connectivity index (χ1v) is 6.83.